The molecule has 5 heteroatoms. The van der Waals surface area contributed by atoms with Gasteiger partial charge in [-0.15, -0.1) is 11.8 Å². The molecule has 2 aromatic rings. The first-order valence-corrected chi connectivity index (χ1v) is 7.90. The molecule has 4 nitrogen and oxygen atoms in total. The zero-order chi connectivity index (χ0) is 15.6. The third-order valence-corrected chi connectivity index (χ3v) is 3.87. The van der Waals surface area contributed by atoms with Crippen LogP contribution in [0.4, 0.5) is 0 Å². The highest BCUT2D eigenvalue weighted by molar-refractivity contribution is 7.99. The number of hydrogen-bond acceptors (Lipinski definition) is 4. The molecule has 0 heterocycles. The summed E-state index contributed by atoms with van der Waals surface area (Å²) in [6.45, 7) is 0. The highest BCUT2D eigenvalue weighted by atomic mass is 32.2. The van der Waals surface area contributed by atoms with Crippen LogP contribution in [0.15, 0.2) is 64.6 Å². The number of carbonyl (C=O) groups is 1. The number of amides is 1. The van der Waals surface area contributed by atoms with E-state index in [1.807, 2.05) is 54.6 Å². The maximum absolute atomic E-state index is 11.7. The van der Waals surface area contributed by atoms with Crippen LogP contribution in [0.25, 0.3) is 0 Å². The smallest absolute Gasteiger partial charge is 0.240 e. The largest absolute Gasteiger partial charge is 0.497 e. The average Bonchev–Trinajstić information content (AvgIpc) is 2.56. The van der Waals surface area contributed by atoms with E-state index in [2.05, 4.69) is 10.5 Å². The van der Waals surface area contributed by atoms with E-state index in [4.69, 9.17) is 4.74 Å². The lowest BCUT2D eigenvalue weighted by atomic mass is 10.2. The number of rotatable bonds is 7. The monoisotopic (exact) mass is 314 g/mol. The van der Waals surface area contributed by atoms with Crippen molar-refractivity contribution in [3.8, 4) is 5.75 Å². The van der Waals surface area contributed by atoms with Gasteiger partial charge in [0, 0.05) is 17.1 Å². The molecule has 0 aromatic heterocycles. The summed E-state index contributed by atoms with van der Waals surface area (Å²) in [4.78, 5) is 12.8. The van der Waals surface area contributed by atoms with Crippen LogP contribution in [0.2, 0.25) is 0 Å². The van der Waals surface area contributed by atoms with Gasteiger partial charge in [-0.25, -0.2) is 5.43 Å². The zero-order valence-electron chi connectivity index (χ0n) is 12.4. The maximum Gasteiger partial charge on any atom is 0.240 e. The fraction of sp³-hybridized carbons (Fsp3) is 0.176. The van der Waals surface area contributed by atoms with Crippen molar-refractivity contribution in [2.24, 2.45) is 5.10 Å². The summed E-state index contributed by atoms with van der Waals surface area (Å²) in [5.74, 6) is 1.43. The van der Waals surface area contributed by atoms with Crippen LogP contribution in [0.3, 0.4) is 0 Å². The van der Waals surface area contributed by atoms with Crippen molar-refractivity contribution in [2.75, 3.05) is 12.9 Å². The van der Waals surface area contributed by atoms with Gasteiger partial charge in [-0.1, -0.05) is 18.2 Å². The van der Waals surface area contributed by atoms with Gasteiger partial charge in [0.15, 0.2) is 0 Å². The first kappa shape index (κ1) is 16.1. The minimum atomic E-state index is -0.0896. The van der Waals surface area contributed by atoms with Crippen LogP contribution in [-0.4, -0.2) is 25.0 Å². The second-order valence-electron chi connectivity index (χ2n) is 4.48. The molecule has 2 aromatic carbocycles. The Hall–Kier alpha value is -2.27. The molecule has 0 aliphatic carbocycles. The molecule has 0 saturated carbocycles. The molecule has 0 spiro atoms. The summed E-state index contributed by atoms with van der Waals surface area (Å²) < 4.78 is 5.08. The summed E-state index contributed by atoms with van der Waals surface area (Å²) in [7, 11) is 1.62. The van der Waals surface area contributed by atoms with Crippen LogP contribution >= 0.6 is 11.8 Å². The fourth-order valence-corrected chi connectivity index (χ4v) is 2.58. The van der Waals surface area contributed by atoms with Crippen molar-refractivity contribution >= 4 is 23.9 Å². The minimum Gasteiger partial charge on any atom is -0.497 e. The topological polar surface area (TPSA) is 50.7 Å². The van der Waals surface area contributed by atoms with Crippen molar-refractivity contribution in [3.05, 3.63) is 60.2 Å². The standard InChI is InChI=1S/C17H18N2O2S/c1-21-15-9-7-14(8-10-15)13-18-19-17(20)11-12-22-16-5-3-2-4-6-16/h2-10,13H,11-12H2,1H3,(H,19,20)/b18-13-. The summed E-state index contributed by atoms with van der Waals surface area (Å²) in [6, 6.07) is 17.5. The predicted octanol–water partition coefficient (Wildman–Crippen LogP) is 3.33. The van der Waals surface area contributed by atoms with Gasteiger partial charge < -0.3 is 4.74 Å². The molecule has 1 amide bonds. The van der Waals surface area contributed by atoms with Crippen molar-refractivity contribution in [1.29, 1.82) is 0 Å². The van der Waals surface area contributed by atoms with E-state index in [9.17, 15) is 4.79 Å². The normalized spacial score (nSPS) is 10.6. The van der Waals surface area contributed by atoms with Gasteiger partial charge in [0.1, 0.15) is 5.75 Å². The lowest BCUT2D eigenvalue weighted by Crippen LogP contribution is -2.17. The van der Waals surface area contributed by atoms with Crippen LogP contribution in [0.1, 0.15) is 12.0 Å². The number of hydrazone groups is 1. The molecule has 0 saturated heterocycles. The molecular formula is C17H18N2O2S. The molecule has 1 N–H and O–H groups in total. The lowest BCUT2D eigenvalue weighted by molar-refractivity contribution is -0.120. The van der Waals surface area contributed by atoms with Gasteiger partial charge in [-0.2, -0.15) is 5.10 Å². The Balaban J connectivity index is 1.69. The SMILES string of the molecule is COc1ccc(/C=N\NC(=O)CCSc2ccccc2)cc1. The molecule has 2 rings (SSSR count). The van der Waals surface area contributed by atoms with Gasteiger partial charge in [0.25, 0.3) is 0 Å². The summed E-state index contributed by atoms with van der Waals surface area (Å²) >= 11 is 1.66. The third-order valence-electron chi connectivity index (χ3n) is 2.86. The van der Waals surface area contributed by atoms with Crippen molar-refractivity contribution < 1.29 is 9.53 Å². The number of carbonyl (C=O) groups excluding carboxylic acids is 1. The van der Waals surface area contributed by atoms with Crippen LogP contribution in [-0.2, 0) is 4.79 Å². The summed E-state index contributed by atoms with van der Waals surface area (Å²) in [6.07, 6.45) is 2.04. The van der Waals surface area contributed by atoms with Crippen molar-refractivity contribution in [3.63, 3.8) is 0 Å². The van der Waals surface area contributed by atoms with E-state index >= 15 is 0 Å². The minimum absolute atomic E-state index is 0.0896. The fourth-order valence-electron chi connectivity index (χ4n) is 1.70. The number of methoxy groups -OCH3 is 1. The van der Waals surface area contributed by atoms with Gasteiger partial charge in [0.05, 0.1) is 13.3 Å². The Morgan fingerprint density at radius 2 is 1.91 bits per heavy atom. The van der Waals surface area contributed by atoms with Crippen LogP contribution in [0, 0.1) is 0 Å². The molecule has 0 radical (unpaired) electrons. The van der Waals surface area contributed by atoms with E-state index in [0.717, 1.165) is 22.0 Å². The van der Waals surface area contributed by atoms with E-state index in [1.165, 1.54) is 0 Å². The van der Waals surface area contributed by atoms with Gasteiger partial charge in [-0.05, 0) is 42.0 Å². The average molecular weight is 314 g/mol. The zero-order valence-corrected chi connectivity index (χ0v) is 13.2. The molecule has 0 fully saturated rings. The molecular weight excluding hydrogens is 296 g/mol. The number of nitrogens with one attached hydrogen (secondary N) is 1. The number of thioether (sulfide) groups is 1. The molecule has 0 aliphatic heterocycles. The second-order valence-corrected chi connectivity index (χ2v) is 5.65. The summed E-state index contributed by atoms with van der Waals surface area (Å²) in [5, 5.41) is 3.95. The van der Waals surface area contributed by atoms with E-state index < -0.39 is 0 Å². The molecule has 0 unspecified atom stereocenters. The third kappa shape index (κ3) is 5.61. The van der Waals surface area contributed by atoms with Gasteiger partial charge in [-0.3, -0.25) is 4.79 Å². The van der Waals surface area contributed by atoms with Crippen molar-refractivity contribution in [2.45, 2.75) is 11.3 Å². The number of ether oxygens (including phenoxy) is 1. The van der Waals surface area contributed by atoms with Crippen LogP contribution in [0.5, 0.6) is 5.75 Å². The Morgan fingerprint density at radius 1 is 1.18 bits per heavy atom. The van der Waals surface area contributed by atoms with Crippen molar-refractivity contribution in [1.82, 2.24) is 5.43 Å². The van der Waals surface area contributed by atoms with Gasteiger partial charge in [0.2, 0.25) is 5.91 Å². The Morgan fingerprint density at radius 3 is 2.59 bits per heavy atom. The maximum atomic E-state index is 11.7. The number of nitrogens with zero attached hydrogens (tertiary/aromatic N) is 1. The van der Waals surface area contributed by atoms with Crippen LogP contribution < -0.4 is 10.2 Å². The second kappa shape index (κ2) is 8.89. The quantitative estimate of drug-likeness (QED) is 0.484. The Labute approximate surface area is 134 Å². The molecule has 0 aliphatic rings. The Kier molecular flexibility index (Phi) is 6.51. The molecule has 0 bridgehead atoms. The molecule has 114 valence electrons. The predicted molar refractivity (Wildman–Crippen MR) is 90.5 cm³/mol. The summed E-state index contributed by atoms with van der Waals surface area (Å²) in [5.41, 5.74) is 3.43. The van der Waals surface area contributed by atoms with Gasteiger partial charge >= 0.3 is 0 Å². The number of benzene rings is 2. The molecule has 22 heavy (non-hydrogen) atoms. The van der Waals surface area contributed by atoms with E-state index in [-0.39, 0.29) is 5.91 Å². The first-order chi connectivity index (χ1) is 10.8. The van der Waals surface area contributed by atoms with E-state index in [0.29, 0.717) is 6.42 Å². The Bertz CT molecular complexity index is 612. The van der Waals surface area contributed by atoms with E-state index in [1.54, 1.807) is 25.1 Å². The highest BCUT2D eigenvalue weighted by Gasteiger charge is 2.00. The lowest BCUT2D eigenvalue weighted by Gasteiger charge is -2.01. The first-order valence-electron chi connectivity index (χ1n) is 6.92. The molecule has 0 atom stereocenters. The number of hydrogen-bond donors (Lipinski definition) is 1. The highest BCUT2D eigenvalue weighted by Crippen LogP contribution is 2.17.